The van der Waals surface area contributed by atoms with Crippen molar-refractivity contribution in [3.05, 3.63) is 10.1 Å². The predicted octanol–water partition coefficient (Wildman–Crippen LogP) is -0.999. The summed E-state index contributed by atoms with van der Waals surface area (Å²) in [4.78, 5) is 8.36. The van der Waals surface area contributed by atoms with Gasteiger partial charge in [0.25, 0.3) is 5.09 Å². The summed E-state index contributed by atoms with van der Waals surface area (Å²) in [7, 11) is 0. The maximum Gasteiger partial charge on any atom is 0 e. The van der Waals surface area contributed by atoms with Crippen LogP contribution in [0.2, 0.25) is 0 Å². The Balaban J connectivity index is -0.0000000450. The van der Waals surface area contributed by atoms with Crippen LogP contribution in [-0.2, 0) is 19.5 Å². The van der Waals surface area contributed by atoms with Crippen LogP contribution in [0.1, 0.15) is 0 Å². The van der Waals surface area contributed by atoms with Gasteiger partial charge in [0.05, 0.1) is 0 Å². The van der Waals surface area contributed by atoms with Crippen molar-refractivity contribution < 1.29 is 29.8 Å². The Bertz CT molecular complexity index is 33.8. The molecule has 0 heterocycles. The molecule has 0 aliphatic heterocycles. The van der Waals surface area contributed by atoms with Gasteiger partial charge >= 0.3 is 29.6 Å². The van der Waals surface area contributed by atoms with Crippen LogP contribution < -0.4 is 0 Å². The zero-order chi connectivity index (χ0) is 3.58. The Morgan fingerprint density at radius 1 is 1.67 bits per heavy atom. The third-order valence-corrected chi connectivity index (χ3v) is 0. The topological polar surface area (TPSA) is 63.4 Å². The van der Waals surface area contributed by atoms with Crippen LogP contribution in [0.4, 0.5) is 0 Å². The first-order valence-electron chi connectivity index (χ1n) is 0.565. The van der Waals surface area contributed by atoms with Crippen molar-refractivity contribution in [2.45, 2.75) is 0 Å². The Hall–Kier alpha value is 0.823. The van der Waals surface area contributed by atoms with Crippen molar-refractivity contribution in [1.29, 1.82) is 0 Å². The van der Waals surface area contributed by atoms with Crippen LogP contribution in [0, 0.1) is 10.1 Å². The van der Waals surface area contributed by atoms with E-state index >= 15 is 0 Å². The molecule has 6 heavy (non-hydrogen) atoms. The van der Waals surface area contributed by atoms with Gasteiger partial charge < -0.3 is 5.21 Å². The van der Waals surface area contributed by atoms with Gasteiger partial charge in [-0.05, 0) is 0 Å². The average Bonchev–Trinajstić information content (AvgIpc) is 0.811. The van der Waals surface area contributed by atoms with Crippen LogP contribution in [0.25, 0.3) is 0 Å². The van der Waals surface area contributed by atoms with Crippen molar-refractivity contribution >= 4 is 29.6 Å². The zero-order valence-electron chi connectivity index (χ0n) is 2.42. The maximum atomic E-state index is 8.36. The normalized spacial score (nSPS) is 4.00. The van der Waals surface area contributed by atoms with E-state index in [0.29, 0.717) is 0 Å². The van der Waals surface area contributed by atoms with Crippen molar-refractivity contribution in [2.24, 2.45) is 0 Å². The fraction of sp³-hybridized carbons (Fsp3) is 0. The first-order chi connectivity index (χ1) is 1.73. The minimum Gasteiger partial charge on any atom is 0 e. The number of rotatable bonds is 0. The molecule has 0 aromatic heterocycles. The molecular formula is H2NNaO3Zn. The van der Waals surface area contributed by atoms with Crippen LogP contribution >= 0.6 is 0 Å². The molecule has 0 saturated heterocycles. The molecule has 0 atom stereocenters. The summed E-state index contributed by atoms with van der Waals surface area (Å²) in [6, 6.07) is 0. The molecule has 28 valence electrons. The number of hydrogen-bond acceptors (Lipinski definition) is 2. The van der Waals surface area contributed by atoms with E-state index in [1.54, 1.807) is 0 Å². The van der Waals surface area contributed by atoms with Crippen LogP contribution in [-0.4, -0.2) is 39.9 Å². The molecule has 0 aliphatic rings. The molecular weight excluding hydrogens is 150 g/mol. The van der Waals surface area contributed by atoms with E-state index in [0.717, 1.165) is 0 Å². The van der Waals surface area contributed by atoms with Gasteiger partial charge in [0, 0.05) is 19.5 Å². The summed E-state index contributed by atoms with van der Waals surface area (Å²) >= 11 is 0. The van der Waals surface area contributed by atoms with E-state index in [1.807, 2.05) is 0 Å². The Morgan fingerprint density at radius 2 is 1.67 bits per heavy atom. The maximum absolute atomic E-state index is 8.36. The number of nitrogens with zero attached hydrogens (tertiary/aromatic N) is 1. The fourth-order valence-electron chi connectivity index (χ4n) is 0. The summed E-state index contributed by atoms with van der Waals surface area (Å²) in [6.45, 7) is 0. The Kier molecular flexibility index (Phi) is 24.5. The van der Waals surface area contributed by atoms with Crippen LogP contribution in [0.5, 0.6) is 0 Å². The van der Waals surface area contributed by atoms with Crippen LogP contribution in [0.3, 0.4) is 0 Å². The van der Waals surface area contributed by atoms with Gasteiger partial charge in [0.1, 0.15) is 0 Å². The molecule has 0 bridgehead atoms. The second kappa shape index (κ2) is 9.27. The summed E-state index contributed by atoms with van der Waals surface area (Å²) in [6.07, 6.45) is 0. The largest absolute Gasteiger partial charge is 0 e. The van der Waals surface area contributed by atoms with Crippen LogP contribution in [0.15, 0.2) is 0 Å². The minimum atomic E-state index is -1.50. The summed E-state index contributed by atoms with van der Waals surface area (Å²) in [5, 5.41) is 13.6. The van der Waals surface area contributed by atoms with E-state index in [4.69, 9.17) is 15.3 Å². The first-order valence-corrected chi connectivity index (χ1v) is 0.565. The van der Waals surface area contributed by atoms with Gasteiger partial charge in [-0.1, -0.05) is 0 Å². The first kappa shape index (κ1) is 15.8. The van der Waals surface area contributed by atoms with Gasteiger partial charge in [0.15, 0.2) is 0 Å². The molecule has 0 saturated carbocycles. The third kappa shape index (κ3) is 104. The summed E-state index contributed by atoms with van der Waals surface area (Å²) in [5.74, 6) is 0. The van der Waals surface area contributed by atoms with Crippen molar-refractivity contribution in [2.75, 3.05) is 0 Å². The Labute approximate surface area is 69.1 Å². The fourth-order valence-corrected chi connectivity index (χ4v) is 0. The van der Waals surface area contributed by atoms with Gasteiger partial charge in [-0.2, -0.15) is 0 Å². The molecule has 0 amide bonds. The molecule has 1 N–H and O–H groups in total. The summed E-state index contributed by atoms with van der Waals surface area (Å²) < 4.78 is 0. The monoisotopic (exact) mass is 151 g/mol. The second-order valence-electron chi connectivity index (χ2n) is 0.238. The molecule has 0 fully saturated rings. The SMILES string of the molecule is O=[N+]([O-])O.[NaH].[Zn]. The quantitative estimate of drug-likeness (QED) is 0.275. The van der Waals surface area contributed by atoms with E-state index in [1.165, 1.54) is 0 Å². The van der Waals surface area contributed by atoms with E-state index in [2.05, 4.69) is 0 Å². The molecule has 0 rings (SSSR count). The second-order valence-corrected chi connectivity index (χ2v) is 0.238. The van der Waals surface area contributed by atoms with E-state index in [9.17, 15) is 0 Å². The van der Waals surface area contributed by atoms with Gasteiger partial charge in [0.2, 0.25) is 0 Å². The van der Waals surface area contributed by atoms with Crippen molar-refractivity contribution in [1.82, 2.24) is 0 Å². The minimum absolute atomic E-state index is 0. The van der Waals surface area contributed by atoms with Gasteiger partial charge in [-0.25, -0.2) is 0 Å². The van der Waals surface area contributed by atoms with E-state index < -0.39 is 5.09 Å². The molecule has 0 aliphatic carbocycles. The molecule has 0 spiro atoms. The van der Waals surface area contributed by atoms with E-state index in [-0.39, 0.29) is 49.0 Å². The predicted molar refractivity (Wildman–Crippen MR) is 15.9 cm³/mol. The van der Waals surface area contributed by atoms with Gasteiger partial charge in [-0.15, -0.1) is 10.1 Å². The number of hydrogen-bond donors (Lipinski definition) is 1. The molecule has 6 heteroatoms. The molecule has 0 aromatic rings. The molecule has 0 unspecified atom stereocenters. The standard InChI is InChI=1S/HNO3.Na.Zn.H/c2-1(3)4;;;/h(H,2,3,4);;;. The zero-order valence-corrected chi connectivity index (χ0v) is 5.39. The Morgan fingerprint density at radius 3 is 1.67 bits per heavy atom. The smallest absolute Gasteiger partial charge is 0 e. The average molecular weight is 152 g/mol. The molecule has 0 radical (unpaired) electrons. The molecule has 4 nitrogen and oxygen atoms in total. The van der Waals surface area contributed by atoms with Crippen molar-refractivity contribution in [3.63, 3.8) is 0 Å². The third-order valence-electron chi connectivity index (χ3n) is 0. The molecule has 0 aromatic carbocycles. The van der Waals surface area contributed by atoms with Gasteiger partial charge in [-0.3, -0.25) is 0 Å². The van der Waals surface area contributed by atoms with Crippen molar-refractivity contribution in [3.8, 4) is 0 Å². The summed E-state index contributed by atoms with van der Waals surface area (Å²) in [5.41, 5.74) is 0.